The summed E-state index contributed by atoms with van der Waals surface area (Å²) in [7, 11) is 0. The summed E-state index contributed by atoms with van der Waals surface area (Å²) < 4.78 is 0. The normalized spacial score (nSPS) is 10.7. The van der Waals surface area contributed by atoms with Gasteiger partial charge in [-0.15, -0.1) is 0 Å². The molecule has 2 aromatic rings. The predicted molar refractivity (Wildman–Crippen MR) is 79.7 cm³/mol. The summed E-state index contributed by atoms with van der Waals surface area (Å²) in [6, 6.07) is 17.2. The first-order valence-electron chi connectivity index (χ1n) is 6.24. The average molecular weight is 234 g/mol. The van der Waals surface area contributed by atoms with Gasteiger partial charge in [0.15, 0.2) is 0 Å². The molecule has 0 aliphatic heterocycles. The van der Waals surface area contributed by atoms with E-state index < -0.39 is 0 Å². The molecule has 0 heterocycles. The molecule has 0 saturated heterocycles. The summed E-state index contributed by atoms with van der Waals surface area (Å²) in [4.78, 5) is 0. The second-order valence-electron chi connectivity index (χ2n) is 4.38. The van der Waals surface area contributed by atoms with Crippen LogP contribution < -0.4 is 0 Å². The van der Waals surface area contributed by atoms with E-state index in [4.69, 9.17) is 0 Å². The van der Waals surface area contributed by atoms with Crippen molar-refractivity contribution < 1.29 is 0 Å². The molecule has 2 rings (SSSR count). The Balaban J connectivity index is 2.20. The zero-order valence-electron chi connectivity index (χ0n) is 10.8. The van der Waals surface area contributed by atoms with Crippen molar-refractivity contribution in [3.8, 4) is 11.1 Å². The molecule has 0 aromatic heterocycles. The first-order valence-corrected chi connectivity index (χ1v) is 6.24. The van der Waals surface area contributed by atoms with Crippen molar-refractivity contribution in [2.45, 2.75) is 13.3 Å². The molecule has 0 spiro atoms. The van der Waals surface area contributed by atoms with E-state index in [1.165, 1.54) is 22.3 Å². The molecule has 0 saturated carbocycles. The highest BCUT2D eigenvalue weighted by Crippen LogP contribution is 2.23. The molecule has 0 N–H and O–H groups in total. The molecule has 0 atom stereocenters. The Hall–Kier alpha value is -2.08. The van der Waals surface area contributed by atoms with Crippen molar-refractivity contribution in [2.75, 3.05) is 0 Å². The maximum atomic E-state index is 3.67. The number of hydrogen-bond donors (Lipinski definition) is 0. The van der Waals surface area contributed by atoms with Gasteiger partial charge in [-0.3, -0.25) is 0 Å². The van der Waals surface area contributed by atoms with Crippen molar-refractivity contribution in [1.82, 2.24) is 0 Å². The number of allylic oxidation sites excluding steroid dienone is 3. The molecule has 0 fully saturated rings. The van der Waals surface area contributed by atoms with Crippen LogP contribution in [-0.2, 0) is 6.42 Å². The van der Waals surface area contributed by atoms with Gasteiger partial charge in [0, 0.05) is 0 Å². The van der Waals surface area contributed by atoms with Crippen LogP contribution in [0.25, 0.3) is 11.1 Å². The standard InChI is InChI=1S/C18H18/c1-3-4-5-9-16-11-13-17(14-12-16)18-10-7-6-8-15(18)2/h3-8,10-14H,1,9H2,2H3/b5-4-. The van der Waals surface area contributed by atoms with Crippen LogP contribution in [-0.4, -0.2) is 0 Å². The zero-order valence-corrected chi connectivity index (χ0v) is 10.8. The summed E-state index contributed by atoms with van der Waals surface area (Å²) in [5.74, 6) is 0. The van der Waals surface area contributed by atoms with Crippen molar-refractivity contribution in [1.29, 1.82) is 0 Å². The fourth-order valence-electron chi connectivity index (χ4n) is 2.02. The van der Waals surface area contributed by atoms with Crippen LogP contribution in [0.3, 0.4) is 0 Å². The average Bonchev–Trinajstić information content (AvgIpc) is 2.41. The summed E-state index contributed by atoms with van der Waals surface area (Å²) in [5.41, 5.74) is 5.23. The van der Waals surface area contributed by atoms with Crippen LogP contribution in [0.4, 0.5) is 0 Å². The molecule has 0 bridgehead atoms. The number of hydrogen-bond acceptors (Lipinski definition) is 0. The fraction of sp³-hybridized carbons (Fsp3) is 0.111. The Kier molecular flexibility index (Phi) is 4.14. The molecular formula is C18H18. The second kappa shape index (κ2) is 6.02. The Morgan fingerprint density at radius 3 is 2.39 bits per heavy atom. The van der Waals surface area contributed by atoms with Gasteiger partial charge in [-0.25, -0.2) is 0 Å². The van der Waals surface area contributed by atoms with Gasteiger partial charge < -0.3 is 0 Å². The van der Waals surface area contributed by atoms with Crippen LogP contribution >= 0.6 is 0 Å². The molecule has 18 heavy (non-hydrogen) atoms. The molecular weight excluding hydrogens is 216 g/mol. The summed E-state index contributed by atoms with van der Waals surface area (Å²) in [6.45, 7) is 5.82. The topological polar surface area (TPSA) is 0 Å². The third-order valence-electron chi connectivity index (χ3n) is 3.04. The molecule has 0 nitrogen and oxygen atoms in total. The third-order valence-corrected chi connectivity index (χ3v) is 3.04. The molecule has 0 heteroatoms. The van der Waals surface area contributed by atoms with Gasteiger partial charge in [-0.1, -0.05) is 73.3 Å². The maximum Gasteiger partial charge on any atom is -0.00943 e. The van der Waals surface area contributed by atoms with E-state index in [-0.39, 0.29) is 0 Å². The van der Waals surface area contributed by atoms with Gasteiger partial charge in [-0.2, -0.15) is 0 Å². The lowest BCUT2D eigenvalue weighted by Gasteiger charge is -2.06. The van der Waals surface area contributed by atoms with E-state index in [1.54, 1.807) is 0 Å². The SMILES string of the molecule is C=C/C=C\Cc1ccc(-c2ccccc2C)cc1. The van der Waals surface area contributed by atoms with E-state index >= 15 is 0 Å². The summed E-state index contributed by atoms with van der Waals surface area (Å²) in [6.07, 6.45) is 6.87. The highest BCUT2D eigenvalue weighted by atomic mass is 14.0. The van der Waals surface area contributed by atoms with Crippen LogP contribution in [0.1, 0.15) is 11.1 Å². The summed E-state index contributed by atoms with van der Waals surface area (Å²) >= 11 is 0. The molecule has 0 unspecified atom stereocenters. The van der Waals surface area contributed by atoms with Crippen molar-refractivity contribution in [3.05, 3.63) is 84.5 Å². The molecule has 2 aromatic carbocycles. The monoisotopic (exact) mass is 234 g/mol. The van der Waals surface area contributed by atoms with Crippen molar-refractivity contribution in [3.63, 3.8) is 0 Å². The van der Waals surface area contributed by atoms with E-state index in [0.717, 1.165) is 6.42 Å². The highest BCUT2D eigenvalue weighted by molar-refractivity contribution is 5.67. The van der Waals surface area contributed by atoms with Gasteiger partial charge in [0.05, 0.1) is 0 Å². The number of rotatable bonds is 4. The minimum atomic E-state index is 0.958. The minimum Gasteiger partial charge on any atom is -0.0991 e. The first-order chi connectivity index (χ1) is 8.81. The lowest BCUT2D eigenvalue weighted by molar-refractivity contribution is 1.27. The summed E-state index contributed by atoms with van der Waals surface area (Å²) in [5, 5.41) is 0. The third kappa shape index (κ3) is 2.98. The quantitative estimate of drug-likeness (QED) is 0.657. The Labute approximate surface area is 109 Å². The Morgan fingerprint density at radius 1 is 1.00 bits per heavy atom. The van der Waals surface area contributed by atoms with E-state index in [2.05, 4.69) is 68.1 Å². The number of aryl methyl sites for hydroxylation is 1. The van der Waals surface area contributed by atoms with Gasteiger partial charge in [-0.05, 0) is 35.6 Å². The molecule has 0 aliphatic carbocycles. The van der Waals surface area contributed by atoms with Gasteiger partial charge in [0.2, 0.25) is 0 Å². The molecule has 0 aliphatic rings. The second-order valence-corrected chi connectivity index (χ2v) is 4.38. The molecule has 90 valence electrons. The van der Waals surface area contributed by atoms with E-state index in [0.29, 0.717) is 0 Å². The lowest BCUT2D eigenvalue weighted by Crippen LogP contribution is -1.84. The Morgan fingerprint density at radius 2 is 1.72 bits per heavy atom. The Bertz CT molecular complexity index is 545. The van der Waals surface area contributed by atoms with E-state index in [9.17, 15) is 0 Å². The van der Waals surface area contributed by atoms with Crippen LogP contribution in [0.5, 0.6) is 0 Å². The fourth-order valence-corrected chi connectivity index (χ4v) is 2.02. The predicted octanol–water partition coefficient (Wildman–Crippen LogP) is 4.95. The molecule has 0 amide bonds. The number of benzene rings is 2. The first kappa shape index (κ1) is 12.4. The van der Waals surface area contributed by atoms with Gasteiger partial charge in [0.25, 0.3) is 0 Å². The smallest absolute Gasteiger partial charge is 0.00943 e. The van der Waals surface area contributed by atoms with E-state index in [1.807, 2.05) is 12.2 Å². The molecule has 0 radical (unpaired) electrons. The lowest BCUT2D eigenvalue weighted by atomic mass is 9.99. The largest absolute Gasteiger partial charge is 0.0991 e. The van der Waals surface area contributed by atoms with Crippen LogP contribution in [0, 0.1) is 6.92 Å². The van der Waals surface area contributed by atoms with Crippen LogP contribution in [0.15, 0.2) is 73.3 Å². The zero-order chi connectivity index (χ0) is 12.8. The highest BCUT2D eigenvalue weighted by Gasteiger charge is 2.00. The minimum absolute atomic E-state index is 0.958. The van der Waals surface area contributed by atoms with Crippen molar-refractivity contribution >= 4 is 0 Å². The van der Waals surface area contributed by atoms with Crippen LogP contribution in [0.2, 0.25) is 0 Å². The maximum absolute atomic E-state index is 3.67. The van der Waals surface area contributed by atoms with Gasteiger partial charge >= 0.3 is 0 Å². The van der Waals surface area contributed by atoms with Crippen molar-refractivity contribution in [2.24, 2.45) is 0 Å². The van der Waals surface area contributed by atoms with Gasteiger partial charge in [0.1, 0.15) is 0 Å².